The van der Waals surface area contributed by atoms with Gasteiger partial charge in [-0.25, -0.2) is 0 Å². The van der Waals surface area contributed by atoms with E-state index in [9.17, 15) is 4.79 Å². The standard InChI is InChI=1S/C27H30N2O3/c1-29-17-15-27(16-18-29)19-23(22-9-5-6-10-25(22)32-27)28-26(30)14-12-21-11-13-24(31-21)20-7-3-2-4-8-20/h2-11,13,23H,12,14-19H2,1H3,(H,28,30)/t23-/m0/s1. The van der Waals surface area contributed by atoms with Crippen molar-refractivity contribution in [3.05, 3.63) is 78.1 Å². The zero-order valence-electron chi connectivity index (χ0n) is 18.5. The van der Waals surface area contributed by atoms with Gasteiger partial charge in [-0.3, -0.25) is 4.79 Å². The van der Waals surface area contributed by atoms with E-state index in [-0.39, 0.29) is 17.6 Å². The van der Waals surface area contributed by atoms with Gasteiger partial charge in [0, 0.05) is 43.5 Å². The van der Waals surface area contributed by atoms with Gasteiger partial charge < -0.3 is 19.4 Å². The number of para-hydroxylation sites is 1. The van der Waals surface area contributed by atoms with Crippen molar-refractivity contribution in [2.45, 2.75) is 43.7 Å². The van der Waals surface area contributed by atoms with Crippen LogP contribution in [0.2, 0.25) is 0 Å². The Balaban J connectivity index is 1.24. The fraction of sp³-hybridized carbons (Fsp3) is 0.370. The molecule has 0 aliphatic carbocycles. The van der Waals surface area contributed by atoms with Crippen molar-refractivity contribution in [1.29, 1.82) is 0 Å². The van der Waals surface area contributed by atoms with E-state index in [1.54, 1.807) is 0 Å². The van der Waals surface area contributed by atoms with Crippen LogP contribution >= 0.6 is 0 Å². The van der Waals surface area contributed by atoms with Gasteiger partial charge in [0.15, 0.2) is 0 Å². The zero-order valence-corrected chi connectivity index (χ0v) is 18.5. The van der Waals surface area contributed by atoms with E-state index in [0.717, 1.165) is 60.7 Å². The molecule has 1 fully saturated rings. The monoisotopic (exact) mass is 430 g/mol. The summed E-state index contributed by atoms with van der Waals surface area (Å²) >= 11 is 0. The number of likely N-dealkylation sites (tertiary alicyclic amines) is 1. The maximum atomic E-state index is 12.9. The Hall–Kier alpha value is -3.05. The number of rotatable bonds is 5. The van der Waals surface area contributed by atoms with Gasteiger partial charge in [0.1, 0.15) is 22.9 Å². The second-order valence-corrected chi connectivity index (χ2v) is 9.08. The topological polar surface area (TPSA) is 54.7 Å². The Morgan fingerprint density at radius 2 is 1.78 bits per heavy atom. The summed E-state index contributed by atoms with van der Waals surface area (Å²) in [4.78, 5) is 15.2. The molecule has 1 aromatic heterocycles. The van der Waals surface area contributed by atoms with Crippen molar-refractivity contribution in [2.75, 3.05) is 20.1 Å². The van der Waals surface area contributed by atoms with Crippen LogP contribution < -0.4 is 10.1 Å². The summed E-state index contributed by atoms with van der Waals surface area (Å²) < 4.78 is 12.5. The first kappa shape index (κ1) is 20.8. The number of ether oxygens (including phenoxy) is 1. The third-order valence-corrected chi connectivity index (χ3v) is 6.75. The molecule has 0 unspecified atom stereocenters. The summed E-state index contributed by atoms with van der Waals surface area (Å²) in [5, 5.41) is 3.29. The number of benzene rings is 2. The van der Waals surface area contributed by atoms with Crippen molar-refractivity contribution in [3.63, 3.8) is 0 Å². The van der Waals surface area contributed by atoms with Crippen LogP contribution in [0.4, 0.5) is 0 Å². The summed E-state index contributed by atoms with van der Waals surface area (Å²) in [6, 6.07) is 22.1. The fourth-order valence-electron chi connectivity index (χ4n) is 4.85. The normalized spacial score (nSPS) is 19.8. The molecule has 1 saturated heterocycles. The van der Waals surface area contributed by atoms with Crippen LogP contribution in [0.5, 0.6) is 5.75 Å². The third-order valence-electron chi connectivity index (χ3n) is 6.75. The summed E-state index contributed by atoms with van der Waals surface area (Å²) in [6.45, 7) is 2.04. The fourth-order valence-corrected chi connectivity index (χ4v) is 4.85. The molecule has 1 N–H and O–H groups in total. The van der Waals surface area contributed by atoms with Crippen molar-refractivity contribution in [2.24, 2.45) is 0 Å². The Labute approximate surface area is 189 Å². The van der Waals surface area contributed by atoms with E-state index in [1.165, 1.54) is 0 Å². The maximum Gasteiger partial charge on any atom is 0.220 e. The van der Waals surface area contributed by atoms with Crippen LogP contribution in [0.15, 0.2) is 71.1 Å². The van der Waals surface area contributed by atoms with Crippen molar-refractivity contribution in [1.82, 2.24) is 10.2 Å². The van der Waals surface area contributed by atoms with E-state index < -0.39 is 0 Å². The highest BCUT2D eigenvalue weighted by Gasteiger charge is 2.43. The second-order valence-electron chi connectivity index (χ2n) is 9.08. The van der Waals surface area contributed by atoms with Crippen molar-refractivity contribution in [3.8, 4) is 17.1 Å². The number of hydrogen-bond donors (Lipinski definition) is 1. The van der Waals surface area contributed by atoms with Crippen LogP contribution in [0.25, 0.3) is 11.3 Å². The number of carbonyl (C=O) groups is 1. The van der Waals surface area contributed by atoms with E-state index in [4.69, 9.17) is 9.15 Å². The molecule has 2 aliphatic heterocycles. The van der Waals surface area contributed by atoms with Gasteiger partial charge in [-0.2, -0.15) is 0 Å². The molecule has 1 spiro atoms. The van der Waals surface area contributed by atoms with E-state index >= 15 is 0 Å². The molecule has 32 heavy (non-hydrogen) atoms. The average Bonchev–Trinajstić information content (AvgIpc) is 3.30. The summed E-state index contributed by atoms with van der Waals surface area (Å²) in [7, 11) is 2.15. The number of aryl methyl sites for hydroxylation is 1. The number of nitrogens with zero attached hydrogens (tertiary/aromatic N) is 1. The molecule has 166 valence electrons. The minimum atomic E-state index is -0.190. The van der Waals surface area contributed by atoms with Crippen LogP contribution in [-0.2, 0) is 11.2 Å². The molecule has 0 bridgehead atoms. The summed E-state index contributed by atoms with van der Waals surface area (Å²) in [5.74, 6) is 2.63. The molecule has 2 aromatic carbocycles. The zero-order chi connectivity index (χ0) is 22.0. The van der Waals surface area contributed by atoms with Gasteiger partial charge in [-0.15, -0.1) is 0 Å². The smallest absolute Gasteiger partial charge is 0.220 e. The summed E-state index contributed by atoms with van der Waals surface area (Å²) in [5.41, 5.74) is 1.94. The molecule has 0 radical (unpaired) electrons. The van der Waals surface area contributed by atoms with Crippen LogP contribution in [0.1, 0.15) is 43.0 Å². The molecule has 5 nitrogen and oxygen atoms in total. The predicted octanol–water partition coefficient (Wildman–Crippen LogP) is 4.98. The van der Waals surface area contributed by atoms with Crippen molar-refractivity contribution < 1.29 is 13.9 Å². The highest BCUT2D eigenvalue weighted by molar-refractivity contribution is 5.77. The molecule has 1 amide bonds. The van der Waals surface area contributed by atoms with Crippen LogP contribution in [-0.4, -0.2) is 36.5 Å². The SMILES string of the molecule is CN1CCC2(CC1)C[C@H](NC(=O)CCc1ccc(-c3ccccc3)o1)c1ccccc1O2. The predicted molar refractivity (Wildman–Crippen MR) is 124 cm³/mol. The van der Waals surface area contributed by atoms with Gasteiger partial charge in [0.25, 0.3) is 0 Å². The first-order chi connectivity index (χ1) is 15.6. The lowest BCUT2D eigenvalue weighted by Gasteiger charge is -2.46. The first-order valence-electron chi connectivity index (χ1n) is 11.5. The lowest BCUT2D eigenvalue weighted by molar-refractivity contribution is -0.122. The van der Waals surface area contributed by atoms with Gasteiger partial charge in [-0.1, -0.05) is 48.5 Å². The maximum absolute atomic E-state index is 12.9. The lowest BCUT2D eigenvalue weighted by atomic mass is 9.80. The molecule has 5 rings (SSSR count). The molecule has 3 aromatic rings. The van der Waals surface area contributed by atoms with Gasteiger partial charge in [-0.05, 0) is 38.1 Å². The number of amides is 1. The lowest BCUT2D eigenvalue weighted by Crippen LogP contribution is -2.51. The highest BCUT2D eigenvalue weighted by Crippen LogP contribution is 2.44. The number of fused-ring (bicyclic) bond motifs is 1. The van der Waals surface area contributed by atoms with Gasteiger partial charge in [0.2, 0.25) is 5.91 Å². The molecular formula is C27H30N2O3. The molecular weight excluding hydrogens is 400 g/mol. The summed E-state index contributed by atoms with van der Waals surface area (Å²) in [6.07, 6.45) is 3.77. The Bertz CT molecular complexity index is 1070. The molecule has 1 atom stereocenters. The number of nitrogens with one attached hydrogen (secondary N) is 1. The Morgan fingerprint density at radius 3 is 2.59 bits per heavy atom. The third kappa shape index (κ3) is 4.44. The Kier molecular flexibility index (Phi) is 5.75. The average molecular weight is 431 g/mol. The van der Waals surface area contributed by atoms with Crippen molar-refractivity contribution >= 4 is 5.91 Å². The number of carbonyl (C=O) groups excluding carboxylic acids is 1. The Morgan fingerprint density at radius 1 is 1.03 bits per heavy atom. The van der Waals surface area contributed by atoms with Gasteiger partial charge in [0.05, 0.1) is 6.04 Å². The van der Waals surface area contributed by atoms with Crippen LogP contribution in [0.3, 0.4) is 0 Å². The van der Waals surface area contributed by atoms with E-state index in [1.807, 2.05) is 60.7 Å². The minimum Gasteiger partial charge on any atom is -0.487 e. The highest BCUT2D eigenvalue weighted by atomic mass is 16.5. The van der Waals surface area contributed by atoms with E-state index in [0.29, 0.717) is 12.8 Å². The number of hydrogen-bond acceptors (Lipinski definition) is 4. The van der Waals surface area contributed by atoms with Gasteiger partial charge >= 0.3 is 0 Å². The number of piperidine rings is 1. The largest absolute Gasteiger partial charge is 0.487 e. The molecule has 3 heterocycles. The first-order valence-corrected chi connectivity index (χ1v) is 11.5. The van der Waals surface area contributed by atoms with Crippen LogP contribution in [0, 0.1) is 0 Å². The second kappa shape index (κ2) is 8.83. The molecule has 0 saturated carbocycles. The van der Waals surface area contributed by atoms with E-state index in [2.05, 4.69) is 23.3 Å². The molecule has 5 heteroatoms. The quantitative estimate of drug-likeness (QED) is 0.620. The minimum absolute atomic E-state index is 0.0210. The number of furan rings is 1. The molecule has 2 aliphatic rings.